The van der Waals surface area contributed by atoms with Crippen molar-refractivity contribution in [3.8, 4) is 0 Å². The number of amides is 1. The van der Waals surface area contributed by atoms with E-state index in [-0.39, 0.29) is 36.3 Å². The van der Waals surface area contributed by atoms with Crippen LogP contribution in [0, 0.1) is 11.8 Å². The highest BCUT2D eigenvalue weighted by atomic mass is 16.6. The van der Waals surface area contributed by atoms with Gasteiger partial charge in [0, 0.05) is 30.2 Å². The van der Waals surface area contributed by atoms with Crippen LogP contribution in [0.1, 0.15) is 44.1 Å². The molecule has 1 aliphatic carbocycles. The van der Waals surface area contributed by atoms with Gasteiger partial charge >= 0.3 is 5.97 Å². The van der Waals surface area contributed by atoms with E-state index in [1.54, 1.807) is 6.07 Å². The molecule has 2 N–H and O–H groups in total. The molecule has 10 nitrogen and oxygen atoms in total. The molecule has 10 heteroatoms. The third-order valence-corrected chi connectivity index (χ3v) is 7.74. The molecule has 4 aliphatic rings. The van der Waals surface area contributed by atoms with Crippen molar-refractivity contribution in [3.63, 3.8) is 0 Å². The SMILES string of the molecule is O=C(C[N+]12CCC(CC1)[C@@H](OC(=O)C(O)(c1ccoc1)C1CCCC1)C2)Nc1ncncn1. The molecule has 1 saturated carbocycles. The summed E-state index contributed by atoms with van der Waals surface area (Å²) >= 11 is 0. The van der Waals surface area contributed by atoms with Crippen LogP contribution in [0.15, 0.2) is 35.7 Å². The Labute approximate surface area is 192 Å². The van der Waals surface area contributed by atoms with E-state index < -0.39 is 11.6 Å². The predicted octanol–water partition coefficient (Wildman–Crippen LogP) is 1.63. The van der Waals surface area contributed by atoms with E-state index in [0.29, 0.717) is 16.6 Å². The highest BCUT2D eigenvalue weighted by molar-refractivity contribution is 5.89. The number of ether oxygens (including phenoxy) is 1. The molecule has 3 saturated heterocycles. The number of nitrogens with one attached hydrogen (secondary N) is 1. The van der Waals surface area contributed by atoms with E-state index >= 15 is 0 Å². The summed E-state index contributed by atoms with van der Waals surface area (Å²) in [4.78, 5) is 37.8. The smallest absolute Gasteiger partial charge is 0.343 e. The Morgan fingerprint density at radius 3 is 2.58 bits per heavy atom. The molecule has 2 aromatic rings. The van der Waals surface area contributed by atoms with Crippen molar-refractivity contribution in [2.24, 2.45) is 11.8 Å². The third-order valence-electron chi connectivity index (χ3n) is 7.74. The second-order valence-corrected chi connectivity index (χ2v) is 9.68. The molecule has 1 amide bonds. The number of fused-ring (bicyclic) bond motifs is 3. The molecule has 3 aliphatic heterocycles. The number of furan rings is 1. The Morgan fingerprint density at radius 1 is 1.18 bits per heavy atom. The van der Waals surface area contributed by atoms with Gasteiger partial charge in [0.1, 0.15) is 19.2 Å². The topological polar surface area (TPSA) is 127 Å². The maximum absolute atomic E-state index is 13.4. The molecule has 0 radical (unpaired) electrons. The van der Waals surface area contributed by atoms with Crippen LogP contribution in [0.4, 0.5) is 5.95 Å². The van der Waals surface area contributed by atoms with Gasteiger partial charge in [0.25, 0.3) is 5.91 Å². The van der Waals surface area contributed by atoms with Crippen molar-refractivity contribution in [3.05, 3.63) is 36.8 Å². The van der Waals surface area contributed by atoms with Gasteiger partial charge in [-0.2, -0.15) is 0 Å². The summed E-state index contributed by atoms with van der Waals surface area (Å²) in [5.41, 5.74) is -1.24. The van der Waals surface area contributed by atoms with E-state index in [9.17, 15) is 14.7 Å². The fourth-order valence-electron chi connectivity index (χ4n) is 5.92. The number of hydrogen-bond acceptors (Lipinski definition) is 8. The van der Waals surface area contributed by atoms with Crippen LogP contribution < -0.4 is 5.32 Å². The number of carbonyl (C=O) groups excluding carboxylic acids is 2. The first-order valence-electron chi connectivity index (χ1n) is 11.7. The van der Waals surface area contributed by atoms with E-state index in [1.807, 2.05) is 0 Å². The van der Waals surface area contributed by atoms with Gasteiger partial charge in [-0.25, -0.2) is 19.7 Å². The van der Waals surface area contributed by atoms with Crippen molar-refractivity contribution < 1.29 is 28.3 Å². The maximum Gasteiger partial charge on any atom is 0.343 e. The largest absolute Gasteiger partial charge is 0.472 e. The van der Waals surface area contributed by atoms with Gasteiger partial charge in [0.15, 0.2) is 18.2 Å². The van der Waals surface area contributed by atoms with Crippen LogP contribution in [0.2, 0.25) is 0 Å². The zero-order chi connectivity index (χ0) is 22.9. The first-order chi connectivity index (χ1) is 16.0. The molecule has 1 unspecified atom stereocenters. The highest BCUT2D eigenvalue weighted by Crippen LogP contribution is 2.43. The second kappa shape index (κ2) is 8.83. The molecule has 2 aromatic heterocycles. The minimum Gasteiger partial charge on any atom is -0.472 e. The lowest BCUT2D eigenvalue weighted by Gasteiger charge is -2.51. The maximum atomic E-state index is 13.4. The van der Waals surface area contributed by atoms with Crippen molar-refractivity contribution in [1.82, 2.24) is 15.0 Å². The number of anilines is 1. The number of nitrogens with zero attached hydrogens (tertiary/aromatic N) is 4. The molecule has 176 valence electrons. The Balaban J connectivity index is 1.28. The molecular weight excluding hydrogens is 426 g/mol. The lowest BCUT2D eigenvalue weighted by Crippen LogP contribution is -2.66. The number of quaternary nitrogens is 1. The standard InChI is InChI=1S/C23H29N5O5/c29-20(27-22-25-14-24-15-26-22)12-28-8-5-16(6-9-28)19(11-28)33-21(30)23(31,17-3-1-2-4-17)18-7-10-32-13-18/h7,10,13-17,19,31H,1-6,8-9,11-12H2/p+1/t16?,19-,23?,28?/m0/s1. The highest BCUT2D eigenvalue weighted by Gasteiger charge is 2.53. The van der Waals surface area contributed by atoms with Gasteiger partial charge in [-0.15, -0.1) is 0 Å². The number of carbonyl (C=O) groups is 2. The van der Waals surface area contributed by atoms with Gasteiger partial charge in [-0.3, -0.25) is 10.1 Å². The minimum atomic E-state index is -1.70. The normalized spacial score (nSPS) is 28.9. The number of hydrogen-bond donors (Lipinski definition) is 2. The summed E-state index contributed by atoms with van der Waals surface area (Å²) in [5, 5.41) is 14.3. The average Bonchev–Trinajstić information content (AvgIpc) is 3.54. The van der Waals surface area contributed by atoms with E-state index in [0.717, 1.165) is 51.6 Å². The van der Waals surface area contributed by atoms with Crippen LogP contribution in [-0.4, -0.2) is 68.7 Å². The molecule has 2 atom stereocenters. The fourth-order valence-corrected chi connectivity index (χ4v) is 5.92. The molecule has 33 heavy (non-hydrogen) atoms. The average molecular weight is 457 g/mol. The van der Waals surface area contributed by atoms with Crippen molar-refractivity contribution >= 4 is 17.8 Å². The van der Waals surface area contributed by atoms with Crippen molar-refractivity contribution in [1.29, 1.82) is 0 Å². The Kier molecular flexibility index (Phi) is 5.88. The van der Waals surface area contributed by atoms with Crippen LogP contribution in [-0.2, 0) is 19.9 Å². The lowest BCUT2D eigenvalue weighted by atomic mass is 9.80. The van der Waals surface area contributed by atoms with Gasteiger partial charge in [-0.1, -0.05) is 12.8 Å². The molecule has 5 heterocycles. The lowest BCUT2D eigenvalue weighted by molar-refractivity contribution is -0.939. The molecule has 0 spiro atoms. The van der Waals surface area contributed by atoms with Gasteiger partial charge < -0.3 is 18.7 Å². The van der Waals surface area contributed by atoms with Crippen LogP contribution in [0.25, 0.3) is 0 Å². The third kappa shape index (κ3) is 4.24. The molecule has 2 bridgehead atoms. The number of rotatable bonds is 7. The Hall–Kier alpha value is -2.85. The minimum absolute atomic E-state index is 0.174. The number of piperidine rings is 3. The van der Waals surface area contributed by atoms with Crippen molar-refractivity contribution in [2.75, 3.05) is 31.5 Å². The first kappa shape index (κ1) is 22.0. The molecule has 4 fully saturated rings. The first-order valence-corrected chi connectivity index (χ1v) is 11.7. The monoisotopic (exact) mass is 456 g/mol. The Bertz CT molecular complexity index is 970. The van der Waals surface area contributed by atoms with E-state index in [1.165, 1.54) is 25.2 Å². The summed E-state index contributed by atoms with van der Waals surface area (Å²) < 4.78 is 11.8. The number of esters is 1. The number of aromatic nitrogens is 3. The van der Waals surface area contributed by atoms with E-state index in [2.05, 4.69) is 20.3 Å². The summed E-state index contributed by atoms with van der Waals surface area (Å²) in [6.07, 6.45) is 10.5. The fraction of sp³-hybridized carbons (Fsp3) is 0.609. The summed E-state index contributed by atoms with van der Waals surface area (Å²) in [6.45, 7) is 2.55. The quantitative estimate of drug-likeness (QED) is 0.475. The van der Waals surface area contributed by atoms with Gasteiger partial charge in [0.05, 0.1) is 25.6 Å². The predicted molar refractivity (Wildman–Crippen MR) is 115 cm³/mol. The number of aliphatic hydroxyl groups is 1. The Morgan fingerprint density at radius 2 is 1.91 bits per heavy atom. The van der Waals surface area contributed by atoms with Crippen LogP contribution in [0.5, 0.6) is 0 Å². The summed E-state index contributed by atoms with van der Waals surface area (Å²) in [7, 11) is 0. The van der Waals surface area contributed by atoms with Crippen LogP contribution >= 0.6 is 0 Å². The van der Waals surface area contributed by atoms with Gasteiger partial charge in [-0.05, 0) is 18.9 Å². The van der Waals surface area contributed by atoms with E-state index in [4.69, 9.17) is 9.15 Å². The zero-order valence-corrected chi connectivity index (χ0v) is 18.6. The van der Waals surface area contributed by atoms with Crippen molar-refractivity contribution in [2.45, 2.75) is 50.2 Å². The second-order valence-electron chi connectivity index (χ2n) is 9.68. The zero-order valence-electron chi connectivity index (χ0n) is 18.6. The molecule has 6 rings (SSSR count). The summed E-state index contributed by atoms with van der Waals surface area (Å²) in [5.74, 6) is -0.477. The van der Waals surface area contributed by atoms with Crippen LogP contribution in [0.3, 0.4) is 0 Å². The van der Waals surface area contributed by atoms with Gasteiger partial charge in [0.2, 0.25) is 5.95 Å². The molecular formula is C23H30N5O5+. The summed E-state index contributed by atoms with van der Waals surface area (Å²) in [6, 6.07) is 1.65. The molecule has 0 aromatic carbocycles.